The third-order valence-corrected chi connectivity index (χ3v) is 5.18. The maximum absolute atomic E-state index is 12.1. The van der Waals surface area contributed by atoms with Crippen LogP contribution in [0.1, 0.15) is 12.5 Å². The maximum Gasteiger partial charge on any atom is 0.240 e. The molecule has 0 bridgehead atoms. The van der Waals surface area contributed by atoms with Crippen molar-refractivity contribution in [2.75, 3.05) is 30.3 Å². The molecule has 0 fully saturated rings. The maximum atomic E-state index is 12.1. The van der Waals surface area contributed by atoms with E-state index in [4.69, 9.17) is 16.3 Å². The molecule has 0 unspecified atom stereocenters. The number of nitrogens with one attached hydrogen (secondary N) is 1. The molecule has 2 aromatic carbocycles. The predicted molar refractivity (Wildman–Crippen MR) is 108 cm³/mol. The van der Waals surface area contributed by atoms with Crippen LogP contribution in [-0.2, 0) is 21.2 Å². The van der Waals surface area contributed by atoms with Crippen LogP contribution >= 0.6 is 11.6 Å². The lowest BCUT2D eigenvalue weighted by Gasteiger charge is -2.22. The Hall–Kier alpha value is -2.25. The Bertz CT molecular complexity index is 870. The van der Waals surface area contributed by atoms with Crippen LogP contribution in [-0.4, -0.2) is 40.3 Å². The van der Waals surface area contributed by atoms with Gasteiger partial charge in [-0.15, -0.1) is 0 Å². The first-order chi connectivity index (χ1) is 12.8. The zero-order valence-electron chi connectivity index (χ0n) is 15.3. The van der Waals surface area contributed by atoms with Crippen molar-refractivity contribution >= 4 is 33.2 Å². The Morgan fingerprint density at radius 2 is 1.89 bits per heavy atom. The fourth-order valence-electron chi connectivity index (χ4n) is 2.40. The highest BCUT2D eigenvalue weighted by atomic mass is 35.5. The van der Waals surface area contributed by atoms with Gasteiger partial charge in [-0.1, -0.05) is 36.7 Å². The molecule has 6 nitrogen and oxygen atoms in total. The summed E-state index contributed by atoms with van der Waals surface area (Å²) >= 11 is 5.92. The summed E-state index contributed by atoms with van der Waals surface area (Å²) in [5.74, 6) is 0.295. The first kappa shape index (κ1) is 21.1. The van der Waals surface area contributed by atoms with Crippen molar-refractivity contribution in [3.63, 3.8) is 0 Å². The molecule has 8 heteroatoms. The Morgan fingerprint density at radius 3 is 2.48 bits per heavy atom. The van der Waals surface area contributed by atoms with Crippen molar-refractivity contribution in [2.24, 2.45) is 0 Å². The molecule has 0 radical (unpaired) electrons. The highest BCUT2D eigenvalue weighted by Gasteiger charge is 2.20. The monoisotopic (exact) mass is 410 g/mol. The average molecular weight is 411 g/mol. The number of anilines is 1. The summed E-state index contributed by atoms with van der Waals surface area (Å²) in [6.45, 7) is 2.30. The second-order valence-corrected chi connectivity index (χ2v) is 8.29. The van der Waals surface area contributed by atoms with Gasteiger partial charge in [0.15, 0.2) is 0 Å². The average Bonchev–Trinajstić information content (AvgIpc) is 2.63. The number of sulfonamides is 1. The largest absolute Gasteiger partial charge is 0.492 e. The van der Waals surface area contributed by atoms with Crippen molar-refractivity contribution in [3.05, 3.63) is 59.1 Å². The van der Waals surface area contributed by atoms with E-state index in [1.807, 2.05) is 24.3 Å². The highest BCUT2D eigenvalue weighted by Crippen LogP contribution is 2.21. The van der Waals surface area contributed by atoms with E-state index in [-0.39, 0.29) is 19.7 Å². The molecule has 0 aliphatic heterocycles. The third kappa shape index (κ3) is 6.77. The van der Waals surface area contributed by atoms with Crippen molar-refractivity contribution in [1.29, 1.82) is 0 Å². The number of ether oxygens (including phenoxy) is 1. The van der Waals surface area contributed by atoms with E-state index in [9.17, 15) is 13.2 Å². The molecule has 0 aromatic heterocycles. The minimum absolute atomic E-state index is 0.265. The number of hydrogen-bond acceptors (Lipinski definition) is 4. The molecule has 0 spiro atoms. The van der Waals surface area contributed by atoms with E-state index < -0.39 is 15.9 Å². The molecular formula is C19H23ClN2O4S. The van der Waals surface area contributed by atoms with Crippen LogP contribution in [0.2, 0.25) is 5.02 Å². The first-order valence-electron chi connectivity index (χ1n) is 8.51. The molecule has 0 aliphatic rings. The number of carbonyl (C=O) groups excluding carboxylic acids is 1. The summed E-state index contributed by atoms with van der Waals surface area (Å²) in [5.41, 5.74) is 1.56. The van der Waals surface area contributed by atoms with Gasteiger partial charge in [0.1, 0.15) is 18.9 Å². The number of rotatable bonds is 9. The Kier molecular flexibility index (Phi) is 7.50. The number of halogens is 1. The van der Waals surface area contributed by atoms with Gasteiger partial charge in [0, 0.05) is 5.02 Å². The highest BCUT2D eigenvalue weighted by molar-refractivity contribution is 7.92. The Labute approximate surface area is 165 Å². The Balaban J connectivity index is 1.86. The van der Waals surface area contributed by atoms with Crippen molar-refractivity contribution in [3.8, 4) is 5.75 Å². The number of aryl methyl sites for hydroxylation is 1. The van der Waals surface area contributed by atoms with Gasteiger partial charge in [0.25, 0.3) is 0 Å². The van der Waals surface area contributed by atoms with Crippen LogP contribution in [0.4, 0.5) is 5.69 Å². The smallest absolute Gasteiger partial charge is 0.240 e. The molecule has 0 atom stereocenters. The zero-order valence-corrected chi connectivity index (χ0v) is 16.9. The van der Waals surface area contributed by atoms with Gasteiger partial charge < -0.3 is 10.1 Å². The summed E-state index contributed by atoms with van der Waals surface area (Å²) < 4.78 is 30.6. The van der Waals surface area contributed by atoms with E-state index >= 15 is 0 Å². The van der Waals surface area contributed by atoms with Crippen LogP contribution in [0.5, 0.6) is 5.75 Å². The van der Waals surface area contributed by atoms with Crippen LogP contribution in [0, 0.1) is 0 Å². The molecule has 0 aliphatic carbocycles. The number of nitrogens with zero attached hydrogens (tertiary/aromatic N) is 1. The summed E-state index contributed by atoms with van der Waals surface area (Å²) in [7, 11) is -3.63. The van der Waals surface area contributed by atoms with Gasteiger partial charge in [0.2, 0.25) is 15.9 Å². The molecule has 2 rings (SSSR count). The van der Waals surface area contributed by atoms with Crippen molar-refractivity contribution in [1.82, 2.24) is 5.32 Å². The van der Waals surface area contributed by atoms with Crippen LogP contribution in [0.25, 0.3) is 0 Å². The quantitative estimate of drug-likeness (QED) is 0.645. The van der Waals surface area contributed by atoms with Crippen LogP contribution < -0.4 is 14.4 Å². The van der Waals surface area contributed by atoms with Crippen molar-refractivity contribution in [2.45, 2.75) is 13.3 Å². The lowest BCUT2D eigenvalue weighted by Crippen LogP contribution is -2.41. The van der Waals surface area contributed by atoms with E-state index in [2.05, 4.69) is 12.2 Å². The standard InChI is InChI=1S/C19H23ClN2O4S/c1-3-15-7-9-18(10-8-15)26-12-11-21-19(23)14-22(27(2,24)25)17-6-4-5-16(20)13-17/h4-10,13H,3,11-12,14H2,1-2H3,(H,21,23). The third-order valence-electron chi connectivity index (χ3n) is 3.81. The van der Waals surface area contributed by atoms with Gasteiger partial charge >= 0.3 is 0 Å². The van der Waals surface area contributed by atoms with Gasteiger partial charge in [-0.05, 0) is 42.3 Å². The molecule has 2 aromatic rings. The fourth-order valence-corrected chi connectivity index (χ4v) is 3.43. The number of amides is 1. The Morgan fingerprint density at radius 1 is 1.19 bits per heavy atom. The van der Waals surface area contributed by atoms with E-state index in [1.165, 1.54) is 11.6 Å². The van der Waals surface area contributed by atoms with Gasteiger partial charge in [-0.25, -0.2) is 8.42 Å². The molecular weight excluding hydrogens is 388 g/mol. The molecule has 0 saturated heterocycles. The molecule has 146 valence electrons. The summed E-state index contributed by atoms with van der Waals surface area (Å²) in [6.07, 6.45) is 2.00. The number of benzene rings is 2. The summed E-state index contributed by atoms with van der Waals surface area (Å²) in [6, 6.07) is 14.1. The van der Waals surface area contributed by atoms with Gasteiger partial charge in [-0.2, -0.15) is 0 Å². The zero-order chi connectivity index (χ0) is 19.9. The lowest BCUT2D eigenvalue weighted by atomic mass is 10.2. The molecule has 27 heavy (non-hydrogen) atoms. The lowest BCUT2D eigenvalue weighted by molar-refractivity contribution is -0.119. The molecule has 0 heterocycles. The first-order valence-corrected chi connectivity index (χ1v) is 10.7. The van der Waals surface area contributed by atoms with E-state index in [1.54, 1.807) is 18.2 Å². The van der Waals surface area contributed by atoms with Crippen LogP contribution in [0.3, 0.4) is 0 Å². The molecule has 0 saturated carbocycles. The predicted octanol–water partition coefficient (Wildman–Crippen LogP) is 2.86. The number of hydrogen-bond donors (Lipinski definition) is 1. The SMILES string of the molecule is CCc1ccc(OCCNC(=O)CN(c2cccc(Cl)c2)S(C)(=O)=O)cc1. The van der Waals surface area contributed by atoms with E-state index in [0.717, 1.165) is 22.7 Å². The fraction of sp³-hybridized carbons (Fsp3) is 0.316. The van der Waals surface area contributed by atoms with Crippen molar-refractivity contribution < 1.29 is 17.9 Å². The second-order valence-electron chi connectivity index (χ2n) is 5.95. The molecule has 1 amide bonds. The molecule has 1 N–H and O–H groups in total. The topological polar surface area (TPSA) is 75.7 Å². The summed E-state index contributed by atoms with van der Waals surface area (Å²) in [4.78, 5) is 12.1. The van der Waals surface area contributed by atoms with Gasteiger partial charge in [-0.3, -0.25) is 9.10 Å². The minimum atomic E-state index is -3.63. The van der Waals surface area contributed by atoms with Gasteiger partial charge in [0.05, 0.1) is 18.5 Å². The number of carbonyl (C=O) groups is 1. The normalized spacial score (nSPS) is 11.1. The minimum Gasteiger partial charge on any atom is -0.492 e. The van der Waals surface area contributed by atoms with E-state index in [0.29, 0.717) is 10.7 Å². The van der Waals surface area contributed by atoms with Crippen LogP contribution in [0.15, 0.2) is 48.5 Å². The second kappa shape index (κ2) is 9.62. The summed E-state index contributed by atoms with van der Waals surface area (Å²) in [5, 5.41) is 3.05.